The number of aromatic nitrogens is 3. The van der Waals surface area contributed by atoms with Crippen molar-refractivity contribution in [3.8, 4) is 17.1 Å². The molecule has 0 saturated carbocycles. The van der Waals surface area contributed by atoms with Gasteiger partial charge in [0.25, 0.3) is 5.56 Å². The molecular weight excluding hydrogens is 414 g/mol. The van der Waals surface area contributed by atoms with Crippen molar-refractivity contribution < 1.29 is 0 Å². The van der Waals surface area contributed by atoms with Gasteiger partial charge in [0.15, 0.2) is 0 Å². The zero-order valence-electron chi connectivity index (χ0n) is 14.7. The second-order valence-corrected chi connectivity index (χ2v) is 7.37. The van der Waals surface area contributed by atoms with E-state index in [-0.39, 0.29) is 5.56 Å². The average Bonchev–Trinajstić information content (AvgIpc) is 2.74. The van der Waals surface area contributed by atoms with Crippen LogP contribution in [0.2, 0.25) is 0 Å². The Morgan fingerprint density at radius 1 is 0.786 bits per heavy atom. The van der Waals surface area contributed by atoms with Gasteiger partial charge >= 0.3 is 0 Å². The van der Waals surface area contributed by atoms with Crippen LogP contribution in [0.15, 0.2) is 94.3 Å². The fourth-order valence-electron chi connectivity index (χ4n) is 3.41. The molecule has 0 N–H and O–H groups in total. The Hall–Kier alpha value is -3.31. The molecule has 3 aromatic carbocycles. The van der Waals surface area contributed by atoms with Gasteiger partial charge in [-0.25, -0.2) is 4.98 Å². The third-order valence-corrected chi connectivity index (χ3v) is 5.27. The quantitative estimate of drug-likeness (QED) is 0.356. The van der Waals surface area contributed by atoms with Crippen molar-refractivity contribution in [3.63, 3.8) is 0 Å². The number of rotatable bonds is 2. The van der Waals surface area contributed by atoms with E-state index in [0.717, 1.165) is 26.6 Å². The van der Waals surface area contributed by atoms with Crippen LogP contribution in [0, 0.1) is 0 Å². The van der Waals surface area contributed by atoms with Gasteiger partial charge in [-0.3, -0.25) is 14.3 Å². The van der Waals surface area contributed by atoms with E-state index in [1.165, 1.54) is 0 Å². The second kappa shape index (κ2) is 6.69. The SMILES string of the molecule is O=c1c2ccc3ncccc3c2nc(-c2ccc(Br)cc2)n1-c1ccccc1. The summed E-state index contributed by atoms with van der Waals surface area (Å²) in [7, 11) is 0. The van der Waals surface area contributed by atoms with Crippen molar-refractivity contribution in [2.45, 2.75) is 0 Å². The summed E-state index contributed by atoms with van der Waals surface area (Å²) >= 11 is 3.47. The number of fused-ring (bicyclic) bond motifs is 3. The van der Waals surface area contributed by atoms with Gasteiger partial charge in [-0.1, -0.05) is 46.3 Å². The minimum atomic E-state index is -0.0973. The molecular formula is C23H14BrN3O. The lowest BCUT2D eigenvalue weighted by atomic mass is 10.1. The van der Waals surface area contributed by atoms with Crippen LogP contribution < -0.4 is 5.56 Å². The maximum atomic E-state index is 13.5. The van der Waals surface area contributed by atoms with Gasteiger partial charge in [-0.05, 0) is 48.5 Å². The maximum absolute atomic E-state index is 13.5. The van der Waals surface area contributed by atoms with E-state index in [1.807, 2.05) is 78.9 Å². The number of nitrogens with zero attached hydrogens (tertiary/aromatic N) is 3. The summed E-state index contributed by atoms with van der Waals surface area (Å²) in [6, 6.07) is 24.9. The van der Waals surface area contributed by atoms with Gasteiger partial charge in [0.2, 0.25) is 0 Å². The van der Waals surface area contributed by atoms with Crippen molar-refractivity contribution in [1.82, 2.24) is 14.5 Å². The first-order valence-corrected chi connectivity index (χ1v) is 9.63. The number of hydrogen-bond donors (Lipinski definition) is 0. The second-order valence-electron chi connectivity index (χ2n) is 6.45. The molecule has 134 valence electrons. The molecule has 0 spiro atoms. The van der Waals surface area contributed by atoms with Gasteiger partial charge in [-0.2, -0.15) is 0 Å². The standard InChI is InChI=1S/C23H14BrN3O/c24-16-10-8-15(9-11-16)22-26-21-18-7-4-14-25-20(18)13-12-19(21)23(28)27(22)17-5-2-1-3-6-17/h1-14H. The number of para-hydroxylation sites is 1. The lowest BCUT2D eigenvalue weighted by molar-refractivity contribution is 0.977. The molecule has 0 unspecified atom stereocenters. The first kappa shape index (κ1) is 16.8. The third-order valence-electron chi connectivity index (χ3n) is 4.74. The minimum Gasteiger partial charge on any atom is -0.268 e. The normalized spacial score (nSPS) is 11.2. The Morgan fingerprint density at radius 2 is 1.57 bits per heavy atom. The van der Waals surface area contributed by atoms with Crippen molar-refractivity contribution in [2.24, 2.45) is 0 Å². The van der Waals surface area contributed by atoms with Crippen LogP contribution in [-0.4, -0.2) is 14.5 Å². The highest BCUT2D eigenvalue weighted by molar-refractivity contribution is 9.10. The molecule has 0 fully saturated rings. The molecule has 4 nitrogen and oxygen atoms in total. The van der Waals surface area contributed by atoms with Crippen molar-refractivity contribution in [1.29, 1.82) is 0 Å². The fourth-order valence-corrected chi connectivity index (χ4v) is 3.68. The van der Waals surface area contributed by atoms with E-state index in [0.29, 0.717) is 16.7 Å². The number of benzene rings is 3. The van der Waals surface area contributed by atoms with Gasteiger partial charge in [0.05, 0.1) is 22.1 Å². The van der Waals surface area contributed by atoms with E-state index < -0.39 is 0 Å². The zero-order chi connectivity index (χ0) is 19.1. The molecule has 28 heavy (non-hydrogen) atoms. The predicted molar refractivity (Wildman–Crippen MR) is 116 cm³/mol. The fraction of sp³-hybridized carbons (Fsp3) is 0. The molecule has 0 atom stereocenters. The molecule has 0 aliphatic rings. The highest BCUT2D eigenvalue weighted by atomic mass is 79.9. The lowest BCUT2D eigenvalue weighted by Gasteiger charge is -2.14. The van der Waals surface area contributed by atoms with E-state index >= 15 is 0 Å². The lowest BCUT2D eigenvalue weighted by Crippen LogP contribution is -2.22. The smallest absolute Gasteiger partial charge is 0.266 e. The van der Waals surface area contributed by atoms with Crippen molar-refractivity contribution in [2.75, 3.05) is 0 Å². The van der Waals surface area contributed by atoms with E-state index in [1.54, 1.807) is 10.8 Å². The molecule has 2 heterocycles. The molecule has 0 aliphatic carbocycles. The summed E-state index contributed by atoms with van der Waals surface area (Å²) in [4.78, 5) is 22.9. The van der Waals surface area contributed by atoms with Gasteiger partial charge in [-0.15, -0.1) is 0 Å². The zero-order valence-corrected chi connectivity index (χ0v) is 16.3. The molecule has 0 aliphatic heterocycles. The number of hydrogen-bond acceptors (Lipinski definition) is 3. The molecule has 2 aromatic heterocycles. The van der Waals surface area contributed by atoms with Crippen LogP contribution >= 0.6 is 15.9 Å². The molecule has 5 aromatic rings. The number of pyridine rings is 1. The third kappa shape index (κ3) is 2.72. The summed E-state index contributed by atoms with van der Waals surface area (Å²) in [5.41, 5.74) is 3.04. The van der Waals surface area contributed by atoms with Crippen molar-refractivity contribution in [3.05, 3.63) is 99.9 Å². The van der Waals surface area contributed by atoms with E-state index in [4.69, 9.17) is 4.98 Å². The Labute approximate surface area is 169 Å². The van der Waals surface area contributed by atoms with E-state index in [9.17, 15) is 4.79 Å². The molecule has 0 bridgehead atoms. The van der Waals surface area contributed by atoms with E-state index in [2.05, 4.69) is 20.9 Å². The molecule has 5 heteroatoms. The Morgan fingerprint density at radius 3 is 2.36 bits per heavy atom. The summed E-state index contributed by atoms with van der Waals surface area (Å²) < 4.78 is 2.65. The van der Waals surface area contributed by atoms with Gasteiger partial charge in [0.1, 0.15) is 5.82 Å². The summed E-state index contributed by atoms with van der Waals surface area (Å²) in [5.74, 6) is 0.604. The van der Waals surface area contributed by atoms with Gasteiger partial charge in [0, 0.05) is 21.6 Å². The number of halogens is 1. The molecule has 0 radical (unpaired) electrons. The van der Waals surface area contributed by atoms with Crippen LogP contribution in [0.5, 0.6) is 0 Å². The van der Waals surface area contributed by atoms with Crippen LogP contribution in [0.25, 0.3) is 38.9 Å². The molecule has 5 rings (SSSR count). The monoisotopic (exact) mass is 427 g/mol. The van der Waals surface area contributed by atoms with Crippen molar-refractivity contribution >= 4 is 37.7 Å². The largest absolute Gasteiger partial charge is 0.268 e. The van der Waals surface area contributed by atoms with Crippen LogP contribution in [0.1, 0.15) is 0 Å². The summed E-state index contributed by atoms with van der Waals surface area (Å²) in [6.07, 6.45) is 1.75. The van der Waals surface area contributed by atoms with Gasteiger partial charge < -0.3 is 0 Å². The first-order chi connectivity index (χ1) is 13.7. The maximum Gasteiger partial charge on any atom is 0.266 e. The van der Waals surface area contributed by atoms with Crippen LogP contribution in [0.4, 0.5) is 0 Å². The molecule has 0 amide bonds. The van der Waals surface area contributed by atoms with Crippen LogP contribution in [-0.2, 0) is 0 Å². The predicted octanol–water partition coefficient (Wildman–Crippen LogP) is 5.36. The Bertz CT molecular complexity index is 1380. The van der Waals surface area contributed by atoms with Crippen LogP contribution in [0.3, 0.4) is 0 Å². The topological polar surface area (TPSA) is 47.8 Å². The first-order valence-electron chi connectivity index (χ1n) is 8.84. The Kier molecular flexibility index (Phi) is 4.02. The minimum absolute atomic E-state index is 0.0973. The highest BCUT2D eigenvalue weighted by Crippen LogP contribution is 2.27. The summed E-state index contributed by atoms with van der Waals surface area (Å²) in [5, 5.41) is 1.45. The average molecular weight is 428 g/mol. The Balaban J connectivity index is 1.95. The summed E-state index contributed by atoms with van der Waals surface area (Å²) in [6.45, 7) is 0. The molecule has 0 saturated heterocycles. The highest BCUT2D eigenvalue weighted by Gasteiger charge is 2.16.